The van der Waals surface area contributed by atoms with Gasteiger partial charge in [-0.15, -0.1) is 0 Å². The molecule has 4 N–H and O–H groups in total. The molecule has 0 amide bonds. The lowest BCUT2D eigenvalue weighted by atomic mass is 10.0. The molecule has 7 heteroatoms. The van der Waals surface area contributed by atoms with Crippen molar-refractivity contribution in [2.24, 2.45) is 4.99 Å². The monoisotopic (exact) mass is 349 g/mol. The summed E-state index contributed by atoms with van der Waals surface area (Å²) in [5.74, 6) is -1.19. The van der Waals surface area contributed by atoms with Gasteiger partial charge in [-0.3, -0.25) is 9.79 Å². The number of aromatic hydroxyl groups is 3. The average molecular weight is 350 g/mol. The van der Waals surface area contributed by atoms with Gasteiger partial charge in [0.25, 0.3) is 0 Å². The highest BCUT2D eigenvalue weighted by Crippen LogP contribution is 2.31. The quantitative estimate of drug-likeness (QED) is 0.471. The van der Waals surface area contributed by atoms with Crippen LogP contribution in [0.5, 0.6) is 17.2 Å². The summed E-state index contributed by atoms with van der Waals surface area (Å²) in [6.45, 7) is -0.674. The number of Topliss-reactive ketones (excluding diaryl/α,β-unsaturated/α-hetero) is 1. The van der Waals surface area contributed by atoms with Gasteiger partial charge < -0.3 is 20.4 Å². The van der Waals surface area contributed by atoms with Crippen LogP contribution in [0.4, 0.5) is 0 Å². The van der Waals surface area contributed by atoms with Gasteiger partial charge in [-0.1, -0.05) is 23.7 Å². The highest BCUT2D eigenvalue weighted by molar-refractivity contribution is 6.31. The third-order valence-electron chi connectivity index (χ3n) is 3.37. The van der Waals surface area contributed by atoms with Crippen molar-refractivity contribution >= 4 is 23.6 Å². The molecule has 0 fully saturated rings. The molecule has 0 spiro atoms. The molecule has 0 bridgehead atoms. The van der Waals surface area contributed by atoms with Crippen molar-refractivity contribution < 1.29 is 25.2 Å². The van der Waals surface area contributed by atoms with Crippen molar-refractivity contribution in [1.82, 2.24) is 0 Å². The number of carbonyl (C=O) groups excluding carboxylic acids is 1. The van der Waals surface area contributed by atoms with Gasteiger partial charge in [0.2, 0.25) is 0 Å². The summed E-state index contributed by atoms with van der Waals surface area (Å²) in [6, 6.07) is 7.96. The van der Waals surface area contributed by atoms with E-state index in [2.05, 4.69) is 4.99 Å². The highest BCUT2D eigenvalue weighted by atomic mass is 35.5. The van der Waals surface area contributed by atoms with Gasteiger partial charge in [0, 0.05) is 29.3 Å². The van der Waals surface area contributed by atoms with E-state index in [1.54, 1.807) is 12.1 Å². The van der Waals surface area contributed by atoms with Crippen LogP contribution in [0.15, 0.2) is 41.4 Å². The maximum absolute atomic E-state index is 11.9. The first-order chi connectivity index (χ1) is 11.4. The van der Waals surface area contributed by atoms with Gasteiger partial charge in [-0.2, -0.15) is 0 Å². The van der Waals surface area contributed by atoms with Gasteiger partial charge in [-0.05, 0) is 23.8 Å². The summed E-state index contributed by atoms with van der Waals surface area (Å²) in [6.07, 6.45) is 1.43. The van der Waals surface area contributed by atoms with Crippen LogP contribution >= 0.6 is 11.6 Å². The Bertz CT molecular complexity index is 758. The number of phenols is 3. The Labute approximate surface area is 143 Å². The Hall–Kier alpha value is -2.57. The van der Waals surface area contributed by atoms with Crippen LogP contribution in [0, 0.1) is 0 Å². The summed E-state index contributed by atoms with van der Waals surface area (Å²) >= 11 is 5.81. The maximum atomic E-state index is 11.9. The van der Waals surface area contributed by atoms with Crippen molar-refractivity contribution in [3.8, 4) is 17.2 Å². The minimum absolute atomic E-state index is 0.103. The van der Waals surface area contributed by atoms with Crippen molar-refractivity contribution in [3.05, 3.63) is 52.5 Å². The molecule has 2 aromatic rings. The minimum atomic E-state index is -0.875. The van der Waals surface area contributed by atoms with Crippen molar-refractivity contribution in [2.75, 3.05) is 6.61 Å². The molecular formula is C17H16ClNO5. The number of aliphatic hydroxyl groups excluding tert-OH is 1. The number of hydrogen-bond donors (Lipinski definition) is 4. The van der Waals surface area contributed by atoms with E-state index in [-0.39, 0.29) is 22.8 Å². The van der Waals surface area contributed by atoms with E-state index in [1.165, 1.54) is 30.5 Å². The van der Waals surface area contributed by atoms with Gasteiger partial charge in [0.05, 0.1) is 0 Å². The molecule has 2 aromatic carbocycles. The maximum Gasteiger partial charge on any atom is 0.182 e. The lowest BCUT2D eigenvalue weighted by Crippen LogP contribution is -2.24. The fourth-order valence-electron chi connectivity index (χ4n) is 2.08. The molecular weight excluding hydrogens is 334 g/mol. The van der Waals surface area contributed by atoms with Crippen LogP contribution in [-0.2, 0) is 11.2 Å². The normalized spacial score (nSPS) is 12.4. The van der Waals surface area contributed by atoms with Gasteiger partial charge in [0.15, 0.2) is 17.3 Å². The molecule has 0 radical (unpaired) electrons. The number of nitrogens with zero attached hydrogens (tertiary/aromatic N) is 1. The second-order valence-electron chi connectivity index (χ2n) is 5.15. The first-order valence-electron chi connectivity index (χ1n) is 7.07. The van der Waals surface area contributed by atoms with Crippen LogP contribution in [0.1, 0.15) is 11.1 Å². The number of aliphatic imine (C=N–C) groups is 1. The Balaban J connectivity index is 2.26. The van der Waals surface area contributed by atoms with Crippen molar-refractivity contribution in [3.63, 3.8) is 0 Å². The number of halogens is 1. The summed E-state index contributed by atoms with van der Waals surface area (Å²) in [4.78, 5) is 16.0. The minimum Gasteiger partial charge on any atom is -0.508 e. The zero-order valence-electron chi connectivity index (χ0n) is 12.6. The molecule has 1 unspecified atom stereocenters. The number of ketones is 1. The molecule has 126 valence electrons. The molecule has 2 rings (SSSR count). The van der Waals surface area contributed by atoms with Crippen LogP contribution < -0.4 is 0 Å². The highest BCUT2D eigenvalue weighted by Gasteiger charge is 2.17. The molecule has 0 aliphatic carbocycles. The molecule has 0 heterocycles. The van der Waals surface area contributed by atoms with E-state index in [0.717, 1.165) is 5.56 Å². The predicted octanol–water partition coefficient (Wildman–Crippen LogP) is 2.05. The Morgan fingerprint density at radius 2 is 1.83 bits per heavy atom. The molecule has 6 nitrogen and oxygen atoms in total. The van der Waals surface area contributed by atoms with Gasteiger partial charge in [0.1, 0.15) is 18.4 Å². The average Bonchev–Trinajstić information content (AvgIpc) is 2.56. The Morgan fingerprint density at radius 1 is 1.17 bits per heavy atom. The van der Waals surface area contributed by atoms with Crippen LogP contribution in [-0.4, -0.2) is 45.1 Å². The van der Waals surface area contributed by atoms with Crippen LogP contribution in [0.3, 0.4) is 0 Å². The number of rotatable bonds is 6. The van der Waals surface area contributed by atoms with Crippen molar-refractivity contribution in [1.29, 1.82) is 0 Å². The van der Waals surface area contributed by atoms with Crippen molar-refractivity contribution in [2.45, 2.75) is 12.5 Å². The van der Waals surface area contributed by atoms with E-state index >= 15 is 0 Å². The summed E-state index contributed by atoms with van der Waals surface area (Å²) in [5.41, 5.74) is 0.899. The first-order valence-corrected chi connectivity index (χ1v) is 7.44. The SMILES string of the molecule is O=C(CO)C(Cc1ccc(O)cc1)N=Cc1cc(Cl)cc(O)c1O. The van der Waals surface area contributed by atoms with Crippen LogP contribution in [0.2, 0.25) is 5.02 Å². The Kier molecular flexibility index (Phi) is 5.78. The molecule has 0 aromatic heterocycles. The van der Waals surface area contributed by atoms with E-state index in [1.807, 2.05) is 0 Å². The number of phenolic OH excluding ortho intramolecular Hbond substituents is 3. The smallest absolute Gasteiger partial charge is 0.182 e. The second-order valence-corrected chi connectivity index (χ2v) is 5.59. The summed E-state index contributed by atoms with van der Waals surface area (Å²) < 4.78 is 0. The number of benzene rings is 2. The summed E-state index contributed by atoms with van der Waals surface area (Å²) in [7, 11) is 0. The largest absolute Gasteiger partial charge is 0.508 e. The molecule has 24 heavy (non-hydrogen) atoms. The van der Waals surface area contributed by atoms with E-state index in [4.69, 9.17) is 16.7 Å². The van der Waals surface area contributed by atoms with Gasteiger partial charge >= 0.3 is 0 Å². The zero-order chi connectivity index (χ0) is 17.7. The molecule has 0 saturated carbocycles. The third kappa shape index (κ3) is 4.47. The van der Waals surface area contributed by atoms with Gasteiger partial charge in [-0.25, -0.2) is 0 Å². The van der Waals surface area contributed by atoms with E-state index in [9.17, 15) is 20.1 Å². The molecule has 1 atom stereocenters. The number of aliphatic hydroxyl groups is 1. The van der Waals surface area contributed by atoms with E-state index in [0.29, 0.717) is 0 Å². The number of hydrogen-bond acceptors (Lipinski definition) is 6. The van der Waals surface area contributed by atoms with E-state index < -0.39 is 29.9 Å². The topological polar surface area (TPSA) is 110 Å². The molecule has 0 aliphatic heterocycles. The fraction of sp³-hybridized carbons (Fsp3) is 0.176. The molecule has 0 saturated heterocycles. The standard InChI is InChI=1S/C17H16ClNO5/c18-12-6-11(17(24)15(22)7-12)8-19-14(16(23)9-20)5-10-1-3-13(21)4-2-10/h1-4,6-8,14,20-22,24H,5,9H2. The summed E-state index contributed by atoms with van der Waals surface area (Å²) in [5, 5.41) is 37.9. The Morgan fingerprint density at radius 3 is 2.46 bits per heavy atom. The third-order valence-corrected chi connectivity index (χ3v) is 3.59. The molecule has 0 aliphatic rings. The second kappa shape index (κ2) is 7.81. The lowest BCUT2D eigenvalue weighted by Gasteiger charge is -2.11. The lowest BCUT2D eigenvalue weighted by molar-refractivity contribution is -0.122. The zero-order valence-corrected chi connectivity index (χ0v) is 13.3. The first kappa shape index (κ1) is 17.8. The predicted molar refractivity (Wildman–Crippen MR) is 90.1 cm³/mol. The van der Waals surface area contributed by atoms with Crippen LogP contribution in [0.25, 0.3) is 0 Å². The number of carbonyl (C=O) groups is 1. The fourth-order valence-corrected chi connectivity index (χ4v) is 2.31.